The van der Waals surface area contributed by atoms with Crippen LogP contribution >= 0.6 is 0 Å². The Labute approximate surface area is 163 Å². The van der Waals surface area contributed by atoms with Crippen molar-refractivity contribution in [1.82, 2.24) is 4.90 Å². The van der Waals surface area contributed by atoms with E-state index in [1.54, 1.807) is 12.1 Å². The summed E-state index contributed by atoms with van der Waals surface area (Å²) in [6, 6.07) is 13.5. The molecule has 0 bridgehead atoms. The molecule has 1 amide bonds. The molecule has 5 nitrogen and oxygen atoms in total. The number of nitrogens with zero attached hydrogens (tertiary/aromatic N) is 2. The molecule has 144 valence electrons. The van der Waals surface area contributed by atoms with Gasteiger partial charge in [-0.05, 0) is 35.2 Å². The summed E-state index contributed by atoms with van der Waals surface area (Å²) in [4.78, 5) is 19.0. The molecule has 0 unspecified atom stereocenters. The number of benzene rings is 2. The number of halogens is 1. The Morgan fingerprint density at radius 2 is 1.96 bits per heavy atom. The first-order chi connectivity index (χ1) is 13.6. The molecule has 4 rings (SSSR count). The van der Waals surface area contributed by atoms with E-state index in [4.69, 9.17) is 17.0 Å². The van der Waals surface area contributed by atoms with Gasteiger partial charge in [-0.25, -0.2) is 4.39 Å². The van der Waals surface area contributed by atoms with E-state index in [-0.39, 0.29) is 36.5 Å². The predicted octanol–water partition coefficient (Wildman–Crippen LogP) is 2.75. The van der Waals surface area contributed by atoms with Crippen molar-refractivity contribution in [3.05, 3.63) is 75.9 Å². The lowest BCUT2D eigenvalue weighted by Crippen LogP contribution is -2.52. The average molecular weight is 380 g/mol. The minimum absolute atomic E-state index is 0.107. The summed E-state index contributed by atoms with van der Waals surface area (Å²) in [5, 5.41) is 0. The summed E-state index contributed by atoms with van der Waals surface area (Å²) in [7, 11) is 0. The first kappa shape index (κ1) is 18.6. The van der Waals surface area contributed by atoms with Gasteiger partial charge in [0.05, 0.1) is 19.1 Å². The first-order valence-electron chi connectivity index (χ1n) is 9.49. The number of nitrogens with two attached hydrogens (primary N) is 1. The third kappa shape index (κ3) is 3.39. The van der Waals surface area contributed by atoms with Crippen molar-refractivity contribution in [3.8, 4) is 6.57 Å². The second-order valence-corrected chi connectivity index (χ2v) is 7.37. The van der Waals surface area contributed by atoms with Gasteiger partial charge < -0.3 is 15.4 Å². The monoisotopic (exact) mass is 380 g/mol. The van der Waals surface area contributed by atoms with Crippen LogP contribution in [-0.2, 0) is 16.0 Å². The molecule has 2 aromatic carbocycles. The maximum absolute atomic E-state index is 13.5. The van der Waals surface area contributed by atoms with Gasteiger partial charge in [-0.15, -0.1) is 0 Å². The molecule has 0 spiro atoms. The molecule has 1 saturated heterocycles. The summed E-state index contributed by atoms with van der Waals surface area (Å²) in [5.74, 6) is -0.410. The largest absolute Gasteiger partial charge is 0.366 e. The van der Waals surface area contributed by atoms with E-state index in [0.717, 1.165) is 17.5 Å². The average Bonchev–Trinajstić information content (AvgIpc) is 2.73. The second-order valence-electron chi connectivity index (χ2n) is 7.37. The maximum Gasteiger partial charge on any atom is 0.292 e. The number of rotatable bonds is 2. The Morgan fingerprint density at radius 3 is 2.71 bits per heavy atom. The molecule has 2 N–H and O–H groups in total. The molecule has 4 atom stereocenters. The van der Waals surface area contributed by atoms with Gasteiger partial charge in [-0.3, -0.25) is 4.79 Å². The van der Waals surface area contributed by atoms with Gasteiger partial charge >= 0.3 is 0 Å². The molecule has 2 heterocycles. The van der Waals surface area contributed by atoms with Gasteiger partial charge in [0.25, 0.3) is 18.5 Å². The first-order valence-corrected chi connectivity index (χ1v) is 9.49. The van der Waals surface area contributed by atoms with Crippen LogP contribution < -0.4 is 5.73 Å². The lowest BCUT2D eigenvalue weighted by Gasteiger charge is -2.40. The molecule has 28 heavy (non-hydrogen) atoms. The number of ether oxygens (including phenoxy) is 1. The van der Waals surface area contributed by atoms with E-state index < -0.39 is 6.10 Å². The van der Waals surface area contributed by atoms with Gasteiger partial charge in [-0.1, -0.05) is 41.2 Å². The number of carbonyl (C=O) groups excluding carboxylic acids is 1. The van der Waals surface area contributed by atoms with Crippen LogP contribution in [0.1, 0.15) is 29.2 Å². The Hall–Kier alpha value is -2.75. The molecule has 0 saturated carbocycles. The molecular weight excluding hydrogens is 357 g/mol. The molecule has 2 aromatic rings. The molecule has 0 aromatic heterocycles. The highest BCUT2D eigenvalue weighted by Crippen LogP contribution is 2.36. The molecule has 0 radical (unpaired) electrons. The summed E-state index contributed by atoms with van der Waals surface area (Å²) in [6.45, 7) is 6.27. The van der Waals surface area contributed by atoms with Gasteiger partial charge in [0.1, 0.15) is 18.0 Å². The molecule has 2 aliphatic heterocycles. The molecule has 6 heteroatoms. The van der Waals surface area contributed by atoms with E-state index in [1.807, 2.05) is 23.1 Å². The SMILES string of the molecule is C#[N+][C@H]1C[C@H](C(=O)N2CCc3ccccc3[C@@H]2c2ccc(F)cc2)OC[C@H]1N. The Kier molecular flexibility index (Phi) is 5.12. The van der Waals surface area contributed by atoms with E-state index in [0.29, 0.717) is 13.0 Å². The molecular formula is C22H23FN3O2+. The van der Waals surface area contributed by atoms with Crippen LogP contribution in [0.2, 0.25) is 0 Å². The van der Waals surface area contributed by atoms with E-state index in [1.165, 1.54) is 17.7 Å². The van der Waals surface area contributed by atoms with Crippen molar-refractivity contribution in [1.29, 1.82) is 0 Å². The lowest BCUT2D eigenvalue weighted by molar-refractivity contribution is -0.149. The fourth-order valence-electron chi connectivity index (χ4n) is 4.14. The van der Waals surface area contributed by atoms with Crippen molar-refractivity contribution < 1.29 is 13.9 Å². The fourth-order valence-corrected chi connectivity index (χ4v) is 4.14. The van der Waals surface area contributed by atoms with Gasteiger partial charge in [0, 0.05) is 6.54 Å². The zero-order chi connectivity index (χ0) is 19.7. The smallest absolute Gasteiger partial charge is 0.292 e. The zero-order valence-electron chi connectivity index (χ0n) is 15.5. The minimum atomic E-state index is -0.634. The molecule has 2 aliphatic rings. The third-order valence-corrected chi connectivity index (χ3v) is 5.66. The number of hydrogen-bond acceptors (Lipinski definition) is 3. The Balaban J connectivity index is 1.68. The Bertz CT molecular complexity index is 909. The fraction of sp³-hybridized carbons (Fsp3) is 0.364. The summed E-state index contributed by atoms with van der Waals surface area (Å²) < 4.78 is 19.2. The normalized spacial score (nSPS) is 27.0. The van der Waals surface area contributed by atoms with Crippen molar-refractivity contribution in [2.75, 3.05) is 13.2 Å². The molecule has 1 fully saturated rings. The predicted molar refractivity (Wildman–Crippen MR) is 105 cm³/mol. The quantitative estimate of drug-likeness (QED) is 0.872. The number of amides is 1. The highest BCUT2D eigenvalue weighted by Gasteiger charge is 2.43. The zero-order valence-corrected chi connectivity index (χ0v) is 15.5. The second kappa shape index (κ2) is 7.70. The summed E-state index contributed by atoms with van der Waals surface area (Å²) in [5.41, 5.74) is 9.09. The summed E-state index contributed by atoms with van der Waals surface area (Å²) in [6.07, 6.45) is 0.492. The van der Waals surface area contributed by atoms with Crippen LogP contribution in [-0.4, -0.2) is 42.1 Å². The number of carbonyl (C=O) groups is 1. The van der Waals surface area contributed by atoms with Gasteiger partial charge in [0.2, 0.25) is 0 Å². The summed E-state index contributed by atoms with van der Waals surface area (Å²) >= 11 is 0. The van der Waals surface area contributed by atoms with Crippen LogP contribution in [0.4, 0.5) is 4.39 Å². The van der Waals surface area contributed by atoms with Gasteiger partial charge in [0.15, 0.2) is 0 Å². The van der Waals surface area contributed by atoms with Crippen LogP contribution in [0.15, 0.2) is 48.5 Å². The number of fused-ring (bicyclic) bond motifs is 1. The van der Waals surface area contributed by atoms with Gasteiger partial charge in [-0.2, -0.15) is 0 Å². The maximum atomic E-state index is 13.5. The van der Waals surface area contributed by atoms with E-state index >= 15 is 0 Å². The highest BCUT2D eigenvalue weighted by atomic mass is 19.1. The highest BCUT2D eigenvalue weighted by molar-refractivity contribution is 5.82. The Morgan fingerprint density at radius 1 is 1.21 bits per heavy atom. The van der Waals surface area contributed by atoms with Crippen LogP contribution in [0.3, 0.4) is 0 Å². The minimum Gasteiger partial charge on any atom is -0.366 e. The van der Waals surface area contributed by atoms with Crippen molar-refractivity contribution in [3.63, 3.8) is 0 Å². The van der Waals surface area contributed by atoms with Crippen LogP contribution in [0, 0.1) is 12.4 Å². The topological polar surface area (TPSA) is 59.9 Å². The van der Waals surface area contributed by atoms with Crippen molar-refractivity contribution in [2.45, 2.75) is 37.1 Å². The van der Waals surface area contributed by atoms with E-state index in [9.17, 15) is 9.18 Å². The molecule has 0 aliphatic carbocycles. The number of hydrogen-bond donors (Lipinski definition) is 1. The standard InChI is InChI=1S/C22H23FN3O2/c1-25-19-12-20(28-13-18(19)24)22(27)26-11-10-14-4-2-3-5-17(14)21(26)15-6-8-16(23)9-7-15/h1-9,18-21H,10-13,24H2/q+1/t18-,19+,20-,21+/m1/s1. The van der Waals surface area contributed by atoms with Crippen molar-refractivity contribution >= 4 is 5.91 Å². The van der Waals surface area contributed by atoms with E-state index in [2.05, 4.69) is 10.9 Å². The lowest BCUT2D eigenvalue weighted by atomic mass is 9.87. The van der Waals surface area contributed by atoms with Crippen LogP contribution in [0.5, 0.6) is 0 Å². The van der Waals surface area contributed by atoms with Crippen molar-refractivity contribution in [2.24, 2.45) is 5.73 Å². The third-order valence-electron chi connectivity index (χ3n) is 5.66. The van der Waals surface area contributed by atoms with Crippen LogP contribution in [0.25, 0.3) is 4.85 Å².